The van der Waals surface area contributed by atoms with Crippen LogP contribution in [-0.4, -0.2) is 22.4 Å². The van der Waals surface area contributed by atoms with Crippen LogP contribution in [0.5, 0.6) is 5.75 Å². The molecule has 1 unspecified atom stereocenters. The van der Waals surface area contributed by atoms with E-state index in [1.54, 1.807) is 13.2 Å². The van der Waals surface area contributed by atoms with Crippen LogP contribution in [0.1, 0.15) is 24.4 Å². The smallest absolute Gasteiger partial charge is 0.258 e. The first-order valence-electron chi connectivity index (χ1n) is 10.7. The third kappa shape index (κ3) is 4.04. The van der Waals surface area contributed by atoms with Crippen molar-refractivity contribution in [2.24, 2.45) is 0 Å². The zero-order valence-corrected chi connectivity index (χ0v) is 19.3. The molecule has 0 spiro atoms. The monoisotopic (exact) mass is 472 g/mol. The molecule has 0 radical (unpaired) electrons. The van der Waals surface area contributed by atoms with Crippen LogP contribution in [0.25, 0.3) is 17.0 Å². The van der Waals surface area contributed by atoms with Crippen LogP contribution in [0.3, 0.4) is 0 Å². The fourth-order valence-corrected chi connectivity index (χ4v) is 4.42. The van der Waals surface area contributed by atoms with Crippen molar-refractivity contribution in [3.8, 4) is 17.1 Å². The third-order valence-electron chi connectivity index (χ3n) is 5.67. The largest absolute Gasteiger partial charge is 0.497 e. The predicted molar refractivity (Wildman–Crippen MR) is 133 cm³/mol. The van der Waals surface area contributed by atoms with Crippen molar-refractivity contribution in [3.05, 3.63) is 102 Å². The highest BCUT2D eigenvalue weighted by molar-refractivity contribution is 7.80. The number of nitrogens with one attached hydrogen (secondary N) is 1. The van der Waals surface area contributed by atoms with Gasteiger partial charge >= 0.3 is 0 Å². The van der Waals surface area contributed by atoms with Gasteiger partial charge in [-0.05, 0) is 61.1 Å². The molecule has 0 bridgehead atoms. The zero-order valence-electron chi connectivity index (χ0n) is 18.5. The summed E-state index contributed by atoms with van der Waals surface area (Å²) in [5.41, 5.74) is 3.87. The number of hydrogen-bond donors (Lipinski definition) is 1. The van der Waals surface area contributed by atoms with Gasteiger partial charge in [-0.2, -0.15) is 4.98 Å². The number of anilines is 1. The summed E-state index contributed by atoms with van der Waals surface area (Å²) in [6.07, 6.45) is 0. The van der Waals surface area contributed by atoms with Crippen molar-refractivity contribution in [1.29, 1.82) is 0 Å². The molecular weight excluding hydrogens is 451 g/mol. The fraction of sp³-hybridized carbons (Fsp3) is 0.115. The van der Waals surface area contributed by atoms with Gasteiger partial charge < -0.3 is 14.6 Å². The molecule has 1 aromatic heterocycles. The molecule has 5 rings (SSSR count). The number of allylic oxidation sites excluding steroid dienone is 1. The summed E-state index contributed by atoms with van der Waals surface area (Å²) in [7, 11) is 1.60. The lowest BCUT2D eigenvalue weighted by atomic mass is 9.94. The van der Waals surface area contributed by atoms with Crippen molar-refractivity contribution in [2.75, 3.05) is 12.0 Å². The summed E-state index contributed by atoms with van der Waals surface area (Å²) in [6, 6.07) is 23.1. The average Bonchev–Trinajstić information content (AvgIpc) is 3.34. The van der Waals surface area contributed by atoms with Crippen LogP contribution in [0.15, 0.2) is 89.1 Å². The van der Waals surface area contributed by atoms with Crippen LogP contribution in [0.4, 0.5) is 10.1 Å². The van der Waals surface area contributed by atoms with Crippen molar-refractivity contribution < 1.29 is 13.7 Å². The van der Waals surface area contributed by atoms with E-state index in [1.807, 2.05) is 72.5 Å². The Bertz CT molecular complexity index is 1390. The number of hydrogen-bond acceptors (Lipinski definition) is 5. The fourth-order valence-electron chi connectivity index (χ4n) is 4.06. The predicted octanol–water partition coefficient (Wildman–Crippen LogP) is 5.75. The molecule has 0 saturated carbocycles. The number of aromatic nitrogens is 2. The Balaban J connectivity index is 1.65. The van der Waals surface area contributed by atoms with E-state index in [1.165, 1.54) is 12.1 Å². The Kier molecular flexibility index (Phi) is 5.81. The Hall–Kier alpha value is -4.04. The van der Waals surface area contributed by atoms with Gasteiger partial charge in [0, 0.05) is 16.9 Å². The standard InChI is InChI=1S/C26H21FN4O2S/c1-16-22(25-29-24(30-33-25)18-9-7-13-21(15-18)32-2)23(17-8-6-10-19(27)14-17)28-26(34)31(16)20-11-4-3-5-12-20/h3-15,23H,1-2H3,(H,28,34). The van der Waals surface area contributed by atoms with Gasteiger partial charge in [0.2, 0.25) is 5.82 Å². The summed E-state index contributed by atoms with van der Waals surface area (Å²) in [6.45, 7) is 1.94. The molecule has 2 heterocycles. The van der Waals surface area contributed by atoms with E-state index in [9.17, 15) is 4.39 Å². The Morgan fingerprint density at radius 3 is 2.59 bits per heavy atom. The minimum absolute atomic E-state index is 0.320. The molecule has 6 nitrogen and oxygen atoms in total. The molecule has 1 aliphatic rings. The summed E-state index contributed by atoms with van der Waals surface area (Å²) >= 11 is 5.71. The van der Waals surface area contributed by atoms with Gasteiger partial charge in [0.25, 0.3) is 5.89 Å². The van der Waals surface area contributed by atoms with Crippen LogP contribution in [-0.2, 0) is 0 Å². The summed E-state index contributed by atoms with van der Waals surface area (Å²) in [5, 5.41) is 8.04. The lowest BCUT2D eigenvalue weighted by Gasteiger charge is -2.37. The van der Waals surface area contributed by atoms with E-state index in [-0.39, 0.29) is 5.82 Å². The molecule has 0 fully saturated rings. The topological polar surface area (TPSA) is 63.4 Å². The minimum atomic E-state index is -0.471. The molecule has 4 aromatic rings. The van der Waals surface area contributed by atoms with Gasteiger partial charge in [0.15, 0.2) is 5.11 Å². The number of methoxy groups -OCH3 is 1. The number of benzene rings is 3. The van der Waals surface area contributed by atoms with E-state index >= 15 is 0 Å². The average molecular weight is 473 g/mol. The highest BCUT2D eigenvalue weighted by atomic mass is 32.1. The second-order valence-electron chi connectivity index (χ2n) is 7.76. The molecule has 1 atom stereocenters. The van der Waals surface area contributed by atoms with E-state index in [0.29, 0.717) is 33.7 Å². The molecule has 0 saturated heterocycles. The van der Waals surface area contributed by atoms with Crippen LogP contribution >= 0.6 is 12.2 Å². The third-order valence-corrected chi connectivity index (χ3v) is 5.97. The number of nitrogens with zero attached hydrogens (tertiary/aromatic N) is 3. The number of halogens is 1. The number of rotatable bonds is 5. The van der Waals surface area contributed by atoms with Gasteiger partial charge in [0.1, 0.15) is 11.6 Å². The molecule has 34 heavy (non-hydrogen) atoms. The first kappa shape index (κ1) is 21.8. The quantitative estimate of drug-likeness (QED) is 0.371. The molecule has 0 aliphatic carbocycles. The maximum atomic E-state index is 14.1. The maximum absolute atomic E-state index is 14.1. The van der Waals surface area contributed by atoms with Crippen LogP contribution in [0.2, 0.25) is 0 Å². The van der Waals surface area contributed by atoms with Crippen molar-refractivity contribution in [2.45, 2.75) is 13.0 Å². The molecule has 170 valence electrons. The van der Waals surface area contributed by atoms with E-state index in [2.05, 4.69) is 15.5 Å². The van der Waals surface area contributed by atoms with E-state index in [0.717, 1.165) is 16.9 Å². The molecule has 3 aromatic carbocycles. The van der Waals surface area contributed by atoms with Crippen LogP contribution < -0.4 is 15.0 Å². The van der Waals surface area contributed by atoms with Gasteiger partial charge in [-0.1, -0.05) is 47.6 Å². The SMILES string of the molecule is COc1cccc(-c2noc(C3=C(C)N(c4ccccc4)C(=S)NC3c3cccc(F)c3)n2)c1. The zero-order chi connectivity index (χ0) is 23.7. The molecule has 8 heteroatoms. The molecule has 1 aliphatic heterocycles. The Morgan fingerprint density at radius 1 is 1.03 bits per heavy atom. The first-order chi connectivity index (χ1) is 16.5. The molecule has 0 amide bonds. The summed E-state index contributed by atoms with van der Waals surface area (Å²) in [4.78, 5) is 6.60. The van der Waals surface area contributed by atoms with E-state index < -0.39 is 6.04 Å². The number of thiocarbonyl (C=S) groups is 1. The van der Waals surface area contributed by atoms with Gasteiger partial charge in [-0.3, -0.25) is 4.90 Å². The summed E-state index contributed by atoms with van der Waals surface area (Å²) < 4.78 is 25.2. The van der Waals surface area contributed by atoms with Crippen molar-refractivity contribution in [3.63, 3.8) is 0 Å². The van der Waals surface area contributed by atoms with Gasteiger partial charge in [0.05, 0.1) is 18.7 Å². The molecule has 1 N–H and O–H groups in total. The van der Waals surface area contributed by atoms with Crippen LogP contribution in [0, 0.1) is 5.82 Å². The number of ether oxygens (including phenoxy) is 1. The highest BCUT2D eigenvalue weighted by Gasteiger charge is 2.34. The van der Waals surface area contributed by atoms with Gasteiger partial charge in [-0.15, -0.1) is 0 Å². The maximum Gasteiger partial charge on any atom is 0.258 e. The second kappa shape index (κ2) is 9.07. The summed E-state index contributed by atoms with van der Waals surface area (Å²) in [5.74, 6) is 1.10. The second-order valence-corrected chi connectivity index (χ2v) is 8.15. The minimum Gasteiger partial charge on any atom is -0.497 e. The lowest BCUT2D eigenvalue weighted by Crippen LogP contribution is -2.46. The van der Waals surface area contributed by atoms with E-state index in [4.69, 9.17) is 21.5 Å². The normalized spacial score (nSPS) is 15.9. The van der Waals surface area contributed by atoms with Crippen molar-refractivity contribution in [1.82, 2.24) is 15.5 Å². The first-order valence-corrected chi connectivity index (χ1v) is 11.1. The van der Waals surface area contributed by atoms with Crippen molar-refractivity contribution >= 4 is 28.6 Å². The number of para-hydroxylation sites is 1. The highest BCUT2D eigenvalue weighted by Crippen LogP contribution is 2.39. The lowest BCUT2D eigenvalue weighted by molar-refractivity contribution is 0.403. The Morgan fingerprint density at radius 2 is 1.82 bits per heavy atom. The molecular formula is C26H21FN4O2S. The Labute approximate surface area is 201 Å². The van der Waals surface area contributed by atoms with Gasteiger partial charge in [-0.25, -0.2) is 4.39 Å².